The predicted octanol–water partition coefficient (Wildman–Crippen LogP) is 1.84. The fraction of sp³-hybridized carbons (Fsp3) is 0.571. The normalized spacial score (nSPS) is 13.1. The van der Waals surface area contributed by atoms with Crippen LogP contribution in [0.1, 0.15) is 32.9 Å². The highest BCUT2D eigenvalue weighted by atomic mass is 19.4. The molecule has 0 aliphatic carbocycles. The van der Waals surface area contributed by atoms with Crippen molar-refractivity contribution in [3.63, 3.8) is 0 Å². The minimum absolute atomic E-state index is 0.159. The Morgan fingerprint density at radius 3 is 2.56 bits per heavy atom. The number of carbonyl (C=O) groups excluding carboxylic acids is 2. The second-order valence-electron chi connectivity index (χ2n) is 6.57. The first-order chi connectivity index (χ1) is 11.4. The van der Waals surface area contributed by atoms with Gasteiger partial charge in [-0.25, -0.2) is 15.0 Å². The minimum atomic E-state index is -4.64. The highest BCUT2D eigenvalue weighted by molar-refractivity contribution is 5.80. The maximum Gasteiger partial charge on any atom is 0.433 e. The highest BCUT2D eigenvalue weighted by Crippen LogP contribution is 2.27. The third kappa shape index (κ3) is 7.33. The van der Waals surface area contributed by atoms with Gasteiger partial charge < -0.3 is 0 Å². The standard InChI is InChI=1S/C14H20F3N5O3/c1-13(2,3)6-9(7-22(25)8-23)11(24)20-21-12-18-5-4-10(19-12)14(15,16)17/h4-5,8-9,25H,6-7H2,1-3H3,(H,20,24)(H,18,19,21)/t9-/m1/s1. The molecule has 3 N–H and O–H groups in total. The number of nitrogens with zero attached hydrogens (tertiary/aromatic N) is 3. The highest BCUT2D eigenvalue weighted by Gasteiger charge is 2.33. The average Bonchev–Trinajstić information content (AvgIpc) is 2.50. The van der Waals surface area contributed by atoms with E-state index in [1.165, 1.54) is 0 Å². The lowest BCUT2D eigenvalue weighted by atomic mass is 9.84. The molecule has 1 aromatic heterocycles. The molecule has 0 aliphatic heterocycles. The van der Waals surface area contributed by atoms with Crippen LogP contribution >= 0.6 is 0 Å². The van der Waals surface area contributed by atoms with Crippen LogP contribution in [-0.4, -0.2) is 39.1 Å². The Hall–Kier alpha value is -2.43. The van der Waals surface area contributed by atoms with Crippen LogP contribution < -0.4 is 10.9 Å². The van der Waals surface area contributed by atoms with E-state index in [-0.39, 0.29) is 18.4 Å². The Balaban J connectivity index is 2.78. The lowest BCUT2D eigenvalue weighted by Crippen LogP contribution is -2.42. The number of aromatic nitrogens is 2. The molecule has 2 amide bonds. The van der Waals surface area contributed by atoms with Crippen molar-refractivity contribution in [1.82, 2.24) is 20.5 Å². The zero-order chi connectivity index (χ0) is 19.3. The van der Waals surface area contributed by atoms with Crippen molar-refractivity contribution < 1.29 is 28.0 Å². The van der Waals surface area contributed by atoms with Crippen molar-refractivity contribution >= 4 is 18.3 Å². The fourth-order valence-corrected chi connectivity index (χ4v) is 2.04. The fourth-order valence-electron chi connectivity index (χ4n) is 2.04. The zero-order valence-corrected chi connectivity index (χ0v) is 14.0. The molecule has 0 aromatic carbocycles. The van der Waals surface area contributed by atoms with Crippen LogP contribution in [-0.2, 0) is 15.8 Å². The van der Waals surface area contributed by atoms with E-state index in [2.05, 4.69) is 20.8 Å². The van der Waals surface area contributed by atoms with Gasteiger partial charge in [0.05, 0.1) is 12.5 Å². The maximum absolute atomic E-state index is 12.6. The van der Waals surface area contributed by atoms with Gasteiger partial charge in [0, 0.05) is 6.20 Å². The van der Waals surface area contributed by atoms with E-state index in [1.807, 2.05) is 20.8 Å². The van der Waals surface area contributed by atoms with Gasteiger partial charge in [0.2, 0.25) is 18.3 Å². The predicted molar refractivity (Wildman–Crippen MR) is 80.9 cm³/mol. The van der Waals surface area contributed by atoms with Gasteiger partial charge in [-0.15, -0.1) is 0 Å². The lowest BCUT2D eigenvalue weighted by Gasteiger charge is -2.26. The largest absolute Gasteiger partial charge is 0.433 e. The number of anilines is 1. The number of hydrogen-bond donors (Lipinski definition) is 3. The van der Waals surface area contributed by atoms with Gasteiger partial charge in [-0.1, -0.05) is 20.8 Å². The van der Waals surface area contributed by atoms with Crippen LogP contribution in [0.15, 0.2) is 12.3 Å². The summed E-state index contributed by atoms with van der Waals surface area (Å²) in [5.74, 6) is -1.86. The van der Waals surface area contributed by atoms with E-state index in [4.69, 9.17) is 0 Å². The Labute approximate surface area is 142 Å². The quantitative estimate of drug-likeness (QED) is 0.388. The van der Waals surface area contributed by atoms with E-state index in [0.29, 0.717) is 17.6 Å². The molecule has 1 aromatic rings. The molecule has 0 unspecified atom stereocenters. The van der Waals surface area contributed by atoms with Crippen molar-refractivity contribution in [3.8, 4) is 0 Å². The van der Waals surface area contributed by atoms with E-state index in [9.17, 15) is 28.0 Å². The summed E-state index contributed by atoms with van der Waals surface area (Å²) in [7, 11) is 0. The lowest BCUT2D eigenvalue weighted by molar-refractivity contribution is -0.155. The second-order valence-corrected chi connectivity index (χ2v) is 6.57. The molecule has 8 nitrogen and oxygen atoms in total. The summed E-state index contributed by atoms with van der Waals surface area (Å²) in [5, 5.41) is 9.63. The average molecular weight is 363 g/mol. The van der Waals surface area contributed by atoms with Crippen LogP contribution in [0.2, 0.25) is 0 Å². The van der Waals surface area contributed by atoms with Gasteiger partial charge in [0.15, 0.2) is 0 Å². The molecule has 0 bridgehead atoms. The van der Waals surface area contributed by atoms with E-state index >= 15 is 0 Å². The summed E-state index contributed by atoms with van der Waals surface area (Å²) >= 11 is 0. The summed E-state index contributed by atoms with van der Waals surface area (Å²) in [6.45, 7) is 5.31. The Bertz CT molecular complexity index is 604. The molecule has 1 rings (SSSR count). The summed E-state index contributed by atoms with van der Waals surface area (Å²) in [6.07, 6.45) is -3.26. The van der Waals surface area contributed by atoms with E-state index in [1.54, 1.807) is 0 Å². The molecular formula is C14H20F3N5O3. The Morgan fingerprint density at radius 1 is 1.40 bits per heavy atom. The second kappa shape index (κ2) is 8.10. The van der Waals surface area contributed by atoms with Gasteiger partial charge in [0.1, 0.15) is 5.69 Å². The molecule has 1 heterocycles. The maximum atomic E-state index is 12.6. The summed E-state index contributed by atoms with van der Waals surface area (Å²) in [5.41, 5.74) is 2.95. The monoisotopic (exact) mass is 363 g/mol. The van der Waals surface area contributed by atoms with Gasteiger partial charge in [-0.3, -0.25) is 25.6 Å². The SMILES string of the molecule is CC(C)(C)C[C@H](CN(O)C=O)C(=O)NNc1nccc(C(F)(F)F)n1. The van der Waals surface area contributed by atoms with Gasteiger partial charge in [-0.05, 0) is 17.9 Å². The van der Waals surface area contributed by atoms with Crippen LogP contribution in [0.4, 0.5) is 19.1 Å². The number of amides is 2. The molecule has 0 fully saturated rings. The first kappa shape index (κ1) is 20.6. The summed E-state index contributed by atoms with van der Waals surface area (Å²) < 4.78 is 37.8. The van der Waals surface area contributed by atoms with E-state index < -0.39 is 29.6 Å². The summed E-state index contributed by atoms with van der Waals surface area (Å²) in [4.78, 5) is 29.6. The molecule has 25 heavy (non-hydrogen) atoms. The number of alkyl halides is 3. The minimum Gasteiger partial charge on any atom is -0.286 e. The first-order valence-electron chi connectivity index (χ1n) is 7.29. The number of carbonyl (C=O) groups is 2. The van der Waals surface area contributed by atoms with Crippen molar-refractivity contribution in [3.05, 3.63) is 18.0 Å². The van der Waals surface area contributed by atoms with Crippen LogP contribution in [0, 0.1) is 11.3 Å². The number of hydrogen-bond acceptors (Lipinski definition) is 6. The molecule has 0 radical (unpaired) electrons. The zero-order valence-electron chi connectivity index (χ0n) is 14.0. The van der Waals surface area contributed by atoms with Gasteiger partial charge in [0.25, 0.3) is 0 Å². The molecule has 0 saturated carbocycles. The number of hydroxylamine groups is 2. The molecule has 0 aliphatic rings. The molecular weight excluding hydrogens is 343 g/mol. The van der Waals surface area contributed by atoms with Crippen molar-refractivity contribution in [2.24, 2.45) is 11.3 Å². The molecule has 1 atom stereocenters. The molecule has 140 valence electrons. The van der Waals surface area contributed by atoms with Gasteiger partial charge in [-0.2, -0.15) is 13.2 Å². The number of nitrogens with one attached hydrogen (secondary N) is 2. The van der Waals surface area contributed by atoms with Crippen molar-refractivity contribution in [1.29, 1.82) is 0 Å². The molecule has 0 saturated heterocycles. The van der Waals surface area contributed by atoms with Crippen LogP contribution in [0.25, 0.3) is 0 Å². The van der Waals surface area contributed by atoms with Crippen molar-refractivity contribution in [2.45, 2.75) is 33.4 Å². The Morgan fingerprint density at radius 2 is 2.04 bits per heavy atom. The number of hydrazine groups is 1. The molecule has 11 heteroatoms. The molecule has 0 spiro atoms. The van der Waals surface area contributed by atoms with Crippen LogP contribution in [0.5, 0.6) is 0 Å². The number of halogens is 3. The van der Waals surface area contributed by atoms with Crippen molar-refractivity contribution in [2.75, 3.05) is 12.0 Å². The summed E-state index contributed by atoms with van der Waals surface area (Å²) in [6, 6.07) is 0.698. The third-order valence-corrected chi connectivity index (χ3v) is 3.00. The smallest absolute Gasteiger partial charge is 0.286 e. The number of rotatable bonds is 7. The Kier molecular flexibility index (Phi) is 6.68. The third-order valence-electron chi connectivity index (χ3n) is 3.00. The topological polar surface area (TPSA) is 107 Å². The van der Waals surface area contributed by atoms with Gasteiger partial charge >= 0.3 is 6.18 Å². The van der Waals surface area contributed by atoms with Crippen LogP contribution in [0.3, 0.4) is 0 Å². The first-order valence-corrected chi connectivity index (χ1v) is 7.29. The van der Waals surface area contributed by atoms with E-state index in [0.717, 1.165) is 6.20 Å².